The SMILES string of the molecule is C=C(CCC(CC(COCC(COC(=O)CCCCCSC(C)C)(COC(=O)CCCC(C)CSC(C)C)CC(CC(=C)OOCC)SC(C)C)(COC(=O)CCCCCSC(C)C)CC(CC(=C)OOCC)SC(C)C)SC(C)C)OOC. The van der Waals surface area contributed by atoms with Gasteiger partial charge in [0.05, 0.1) is 45.6 Å². The molecular formula is C65H120O13S6. The Hall–Kier alpha value is -1.03. The molecule has 19 heteroatoms. The fourth-order valence-electron chi connectivity index (χ4n) is 9.33. The average Bonchev–Trinajstić information content (AvgIpc) is 3.54. The van der Waals surface area contributed by atoms with Crippen LogP contribution in [-0.2, 0) is 62.7 Å². The van der Waals surface area contributed by atoms with E-state index in [1.165, 1.54) is 7.11 Å². The van der Waals surface area contributed by atoms with E-state index in [2.05, 4.69) is 110 Å². The van der Waals surface area contributed by atoms with E-state index in [9.17, 15) is 14.4 Å². The number of carbonyl (C=O) groups is 3. The molecule has 84 heavy (non-hydrogen) atoms. The first-order chi connectivity index (χ1) is 39.8. The Balaban J connectivity index is 8.08. The third kappa shape index (κ3) is 47.0. The van der Waals surface area contributed by atoms with E-state index in [1.807, 2.05) is 72.7 Å². The summed E-state index contributed by atoms with van der Waals surface area (Å²) >= 11 is 11.2. The minimum Gasteiger partial charge on any atom is -0.465 e. The summed E-state index contributed by atoms with van der Waals surface area (Å²) < 4.78 is 26.6. The van der Waals surface area contributed by atoms with Crippen molar-refractivity contribution in [3.8, 4) is 0 Å². The predicted molar refractivity (Wildman–Crippen MR) is 364 cm³/mol. The maximum atomic E-state index is 14.1. The predicted octanol–water partition coefficient (Wildman–Crippen LogP) is 18.3. The van der Waals surface area contributed by atoms with Gasteiger partial charge < -0.3 is 33.6 Å². The lowest BCUT2D eigenvalue weighted by Crippen LogP contribution is -2.44. The van der Waals surface area contributed by atoms with Crippen molar-refractivity contribution < 1.29 is 62.7 Å². The van der Waals surface area contributed by atoms with Crippen molar-refractivity contribution in [2.24, 2.45) is 16.7 Å². The molecule has 0 heterocycles. The first kappa shape index (κ1) is 83.0. The number of esters is 3. The first-order valence-electron chi connectivity index (χ1n) is 31.4. The molecule has 0 amide bonds. The number of ether oxygens (including phenoxy) is 4. The van der Waals surface area contributed by atoms with Gasteiger partial charge in [-0.3, -0.25) is 14.4 Å². The van der Waals surface area contributed by atoms with Crippen molar-refractivity contribution in [2.45, 2.75) is 267 Å². The van der Waals surface area contributed by atoms with E-state index in [4.69, 9.17) is 48.3 Å². The standard InChI is InChI=1S/C65H120O13S6/c1-20-74-77-56(17)37-59(83-52(11)12)40-64(39-58(82-51(9)10)34-33-55(16)76-69-19,45-71-61(66)30-24-22-26-35-79-48(3)4)43-70-44-65(41-60(84-53(13)14)38-57(18)78-75-21-2,46-72-62(67)31-25-23-27-36-80-49(5)6)47-73-63(68)32-28-29-54(15)42-81-50(7)8/h48-54,58-60H,16-18,20-47H2,1-15,19H3. The summed E-state index contributed by atoms with van der Waals surface area (Å²) in [7, 11) is 1.48. The van der Waals surface area contributed by atoms with Gasteiger partial charge in [0, 0.05) is 59.7 Å². The van der Waals surface area contributed by atoms with Crippen LogP contribution >= 0.6 is 70.6 Å². The number of carbonyl (C=O) groups excluding carboxylic acids is 3. The quantitative estimate of drug-likeness (QED) is 0.0142. The van der Waals surface area contributed by atoms with Gasteiger partial charge >= 0.3 is 17.9 Å². The number of hydrogen-bond donors (Lipinski definition) is 0. The molecule has 0 fully saturated rings. The van der Waals surface area contributed by atoms with Crippen molar-refractivity contribution in [3.63, 3.8) is 0 Å². The summed E-state index contributed by atoms with van der Waals surface area (Å²) in [4.78, 5) is 74.6. The Morgan fingerprint density at radius 1 is 0.429 bits per heavy atom. The molecule has 494 valence electrons. The Morgan fingerprint density at radius 3 is 1.26 bits per heavy atom. The molecule has 0 aliphatic carbocycles. The molecule has 0 spiro atoms. The molecule has 0 radical (unpaired) electrons. The van der Waals surface area contributed by atoms with E-state index < -0.39 is 10.8 Å². The highest BCUT2D eigenvalue weighted by Crippen LogP contribution is 2.44. The fourth-order valence-corrected chi connectivity index (χ4v) is 16.4. The molecule has 0 aliphatic rings. The van der Waals surface area contributed by atoms with Crippen molar-refractivity contribution in [2.75, 3.05) is 70.6 Å². The first-order valence-corrected chi connectivity index (χ1v) is 37.4. The zero-order valence-electron chi connectivity index (χ0n) is 55.5. The number of allylic oxidation sites excluding steroid dienone is 3. The second-order valence-corrected chi connectivity index (χ2v) is 34.8. The lowest BCUT2D eigenvalue weighted by atomic mass is 9.78. The zero-order chi connectivity index (χ0) is 63.4. The lowest BCUT2D eigenvalue weighted by Gasteiger charge is -2.41. The van der Waals surface area contributed by atoms with E-state index in [0.717, 1.165) is 55.8 Å². The molecule has 0 N–H and O–H groups in total. The summed E-state index contributed by atoms with van der Waals surface area (Å²) in [5, 5.41) is 2.20. The van der Waals surface area contributed by atoms with Crippen molar-refractivity contribution in [1.29, 1.82) is 0 Å². The Bertz CT molecular complexity index is 1740. The summed E-state index contributed by atoms with van der Waals surface area (Å²) in [6.45, 7) is 45.8. The molecule has 6 unspecified atom stereocenters. The molecular weight excluding hydrogens is 1180 g/mol. The molecule has 0 aromatic heterocycles. The topological polar surface area (TPSA) is 144 Å². The van der Waals surface area contributed by atoms with Gasteiger partial charge in [0.2, 0.25) is 0 Å². The third-order valence-corrected chi connectivity index (χ3v) is 20.7. The average molecular weight is 1300 g/mol. The highest BCUT2D eigenvalue weighted by Gasteiger charge is 2.42. The van der Waals surface area contributed by atoms with E-state index in [1.54, 1.807) is 11.8 Å². The van der Waals surface area contributed by atoms with Crippen LogP contribution in [0.3, 0.4) is 0 Å². The maximum Gasteiger partial charge on any atom is 0.305 e. The van der Waals surface area contributed by atoms with E-state index in [-0.39, 0.29) is 95.3 Å². The fraction of sp³-hybridized carbons (Fsp3) is 0.862. The molecule has 0 saturated carbocycles. The van der Waals surface area contributed by atoms with Crippen LogP contribution in [0.5, 0.6) is 0 Å². The smallest absolute Gasteiger partial charge is 0.305 e. The third-order valence-electron chi connectivity index (χ3n) is 13.0. The van der Waals surface area contributed by atoms with E-state index >= 15 is 0 Å². The second kappa shape index (κ2) is 50.7. The number of unbranched alkanes of at least 4 members (excludes halogenated alkanes) is 4. The molecule has 0 aliphatic heterocycles. The van der Waals surface area contributed by atoms with Crippen LogP contribution in [-0.4, -0.2) is 136 Å². The molecule has 0 aromatic carbocycles. The van der Waals surface area contributed by atoms with Gasteiger partial charge in [0.1, 0.15) is 30.5 Å². The molecule has 0 saturated heterocycles. The minimum absolute atomic E-state index is 0.0426. The van der Waals surface area contributed by atoms with Gasteiger partial charge in [-0.2, -0.15) is 85.2 Å². The summed E-state index contributed by atoms with van der Waals surface area (Å²) in [6, 6.07) is 0. The van der Waals surface area contributed by atoms with E-state index in [0.29, 0.717) is 116 Å². The molecule has 13 nitrogen and oxygen atoms in total. The zero-order valence-corrected chi connectivity index (χ0v) is 60.3. The van der Waals surface area contributed by atoms with Crippen LogP contribution in [0.1, 0.15) is 219 Å². The van der Waals surface area contributed by atoms with Gasteiger partial charge in [-0.1, -0.05) is 123 Å². The monoisotopic (exact) mass is 1300 g/mol. The summed E-state index contributed by atoms with van der Waals surface area (Å²) in [5.74, 6) is 4.22. The van der Waals surface area contributed by atoms with Crippen LogP contribution < -0.4 is 0 Å². The number of hydrogen-bond acceptors (Lipinski definition) is 19. The maximum absolute atomic E-state index is 14.1. The van der Waals surface area contributed by atoms with Gasteiger partial charge in [0.15, 0.2) is 0 Å². The molecule has 6 atom stereocenters. The summed E-state index contributed by atoms with van der Waals surface area (Å²) in [5.41, 5.74) is -1.80. The number of thioether (sulfide) groups is 6. The van der Waals surface area contributed by atoms with Gasteiger partial charge in [-0.15, -0.1) is 0 Å². The minimum atomic E-state index is -1.03. The van der Waals surface area contributed by atoms with Gasteiger partial charge in [-0.25, -0.2) is 0 Å². The lowest BCUT2D eigenvalue weighted by molar-refractivity contribution is -0.259. The van der Waals surface area contributed by atoms with Crippen LogP contribution in [0.2, 0.25) is 0 Å². The molecule has 0 rings (SSSR count). The molecule has 0 aromatic rings. The Labute approximate surface area is 538 Å². The van der Waals surface area contributed by atoms with Gasteiger partial charge in [0.25, 0.3) is 0 Å². The summed E-state index contributed by atoms with van der Waals surface area (Å²) in [6.07, 6.45) is 11.6. The van der Waals surface area contributed by atoms with Crippen molar-refractivity contribution in [3.05, 3.63) is 37.0 Å². The van der Waals surface area contributed by atoms with Crippen LogP contribution in [0.4, 0.5) is 0 Å². The normalized spacial score (nSPS) is 14.8. The van der Waals surface area contributed by atoms with Crippen LogP contribution in [0.15, 0.2) is 37.0 Å². The van der Waals surface area contributed by atoms with Gasteiger partial charge in [-0.05, 0) is 133 Å². The second-order valence-electron chi connectivity index (χ2n) is 24.1. The van der Waals surface area contributed by atoms with Crippen LogP contribution in [0, 0.1) is 16.7 Å². The van der Waals surface area contributed by atoms with Crippen molar-refractivity contribution in [1.82, 2.24) is 0 Å². The van der Waals surface area contributed by atoms with Crippen molar-refractivity contribution >= 4 is 88.5 Å². The highest BCUT2D eigenvalue weighted by atomic mass is 32.2. The largest absolute Gasteiger partial charge is 0.465 e. The number of rotatable bonds is 58. The highest BCUT2D eigenvalue weighted by molar-refractivity contribution is 8.01. The Kier molecular flexibility index (Phi) is 50.1. The Morgan fingerprint density at radius 2 is 0.833 bits per heavy atom. The van der Waals surface area contributed by atoms with Crippen LogP contribution in [0.25, 0.3) is 0 Å². The molecule has 0 bridgehead atoms.